The van der Waals surface area contributed by atoms with E-state index >= 15 is 0 Å². The highest BCUT2D eigenvalue weighted by molar-refractivity contribution is 5.36. The lowest BCUT2D eigenvalue weighted by Gasteiger charge is -2.26. The highest BCUT2D eigenvalue weighted by Gasteiger charge is 2.18. The minimum Gasteiger partial charge on any atom is -0.313 e. The largest absolute Gasteiger partial charge is 0.313 e. The van der Waals surface area contributed by atoms with Gasteiger partial charge in [0, 0.05) is 6.04 Å². The third-order valence-corrected chi connectivity index (χ3v) is 3.52. The molecule has 1 N–H and O–H groups in total. The smallest absolute Gasteiger partial charge is 0.0320 e. The van der Waals surface area contributed by atoms with E-state index in [0.717, 1.165) is 5.92 Å². The second-order valence-corrected chi connectivity index (χ2v) is 5.36. The van der Waals surface area contributed by atoms with Crippen molar-refractivity contribution in [1.29, 1.82) is 0 Å². The Labute approximate surface area is 99.3 Å². The van der Waals surface area contributed by atoms with E-state index in [0.29, 0.717) is 6.04 Å². The van der Waals surface area contributed by atoms with E-state index in [1.54, 1.807) is 11.1 Å². The molecule has 1 aromatic rings. The first-order chi connectivity index (χ1) is 7.70. The molecule has 1 nitrogen and oxygen atoms in total. The molecule has 0 bridgehead atoms. The predicted molar refractivity (Wildman–Crippen MR) is 69.7 cm³/mol. The molecule has 1 aromatic carbocycles. The van der Waals surface area contributed by atoms with Gasteiger partial charge in [0.05, 0.1) is 0 Å². The van der Waals surface area contributed by atoms with Crippen LogP contribution in [0.2, 0.25) is 0 Å². The second-order valence-electron chi connectivity index (χ2n) is 5.36. The van der Waals surface area contributed by atoms with E-state index in [-0.39, 0.29) is 0 Å². The molecule has 0 amide bonds. The van der Waals surface area contributed by atoms with Crippen LogP contribution in [-0.2, 0) is 12.8 Å². The number of benzene rings is 1. The van der Waals surface area contributed by atoms with Crippen LogP contribution >= 0.6 is 0 Å². The third-order valence-electron chi connectivity index (χ3n) is 3.52. The van der Waals surface area contributed by atoms with E-state index in [1.165, 1.54) is 31.2 Å². The summed E-state index contributed by atoms with van der Waals surface area (Å²) in [4.78, 5) is 0. The van der Waals surface area contributed by atoms with Gasteiger partial charge >= 0.3 is 0 Å². The first kappa shape index (κ1) is 11.7. The van der Waals surface area contributed by atoms with Crippen LogP contribution in [0.15, 0.2) is 18.2 Å². The zero-order chi connectivity index (χ0) is 11.5. The Bertz CT molecular complexity index is 354. The summed E-state index contributed by atoms with van der Waals surface area (Å²) in [5, 5.41) is 3.44. The quantitative estimate of drug-likeness (QED) is 0.817. The molecule has 88 valence electrons. The van der Waals surface area contributed by atoms with Crippen LogP contribution in [0.1, 0.15) is 49.4 Å². The molecule has 0 saturated carbocycles. The molecular formula is C15H23N. The zero-order valence-electron chi connectivity index (χ0n) is 10.7. The lowest BCUT2D eigenvalue weighted by molar-refractivity contribution is 0.495. The molecule has 0 spiro atoms. The summed E-state index contributed by atoms with van der Waals surface area (Å²) >= 11 is 0. The van der Waals surface area contributed by atoms with E-state index in [9.17, 15) is 0 Å². The molecular weight excluding hydrogens is 194 g/mol. The van der Waals surface area contributed by atoms with Crippen molar-refractivity contribution >= 4 is 0 Å². The normalized spacial score (nSPS) is 19.9. The maximum Gasteiger partial charge on any atom is 0.0320 e. The van der Waals surface area contributed by atoms with Gasteiger partial charge in [-0.25, -0.2) is 0 Å². The van der Waals surface area contributed by atoms with Crippen molar-refractivity contribution in [3.8, 4) is 0 Å². The monoisotopic (exact) mass is 217 g/mol. The van der Waals surface area contributed by atoms with Gasteiger partial charge in [0.15, 0.2) is 0 Å². The SMILES string of the molecule is CNC1CCCc2ccc(CC(C)C)cc21. The van der Waals surface area contributed by atoms with Crippen molar-refractivity contribution in [2.24, 2.45) is 5.92 Å². The lowest BCUT2D eigenvalue weighted by atomic mass is 9.85. The van der Waals surface area contributed by atoms with E-state index < -0.39 is 0 Å². The van der Waals surface area contributed by atoms with Crippen LogP contribution in [-0.4, -0.2) is 7.05 Å². The first-order valence-electron chi connectivity index (χ1n) is 6.49. The van der Waals surface area contributed by atoms with Gasteiger partial charge in [-0.15, -0.1) is 0 Å². The second kappa shape index (κ2) is 5.01. The molecule has 0 radical (unpaired) electrons. The van der Waals surface area contributed by atoms with E-state index in [1.807, 2.05) is 0 Å². The fourth-order valence-electron chi connectivity index (χ4n) is 2.75. The highest BCUT2D eigenvalue weighted by atomic mass is 14.9. The average Bonchev–Trinajstić information content (AvgIpc) is 2.27. The van der Waals surface area contributed by atoms with Crippen molar-refractivity contribution in [2.45, 2.75) is 45.6 Å². The Morgan fingerprint density at radius 2 is 2.19 bits per heavy atom. The fraction of sp³-hybridized carbons (Fsp3) is 0.600. The molecule has 1 atom stereocenters. The van der Waals surface area contributed by atoms with Gasteiger partial charge in [-0.2, -0.15) is 0 Å². The van der Waals surface area contributed by atoms with Crippen LogP contribution in [0.25, 0.3) is 0 Å². The van der Waals surface area contributed by atoms with Gasteiger partial charge in [-0.3, -0.25) is 0 Å². The van der Waals surface area contributed by atoms with Crippen LogP contribution < -0.4 is 5.32 Å². The standard InChI is InChI=1S/C15H23N/c1-11(2)9-12-7-8-13-5-4-6-15(16-3)14(13)10-12/h7-8,10-11,15-16H,4-6,9H2,1-3H3. The zero-order valence-corrected chi connectivity index (χ0v) is 10.7. The highest BCUT2D eigenvalue weighted by Crippen LogP contribution is 2.30. The molecule has 0 saturated heterocycles. The third kappa shape index (κ3) is 2.46. The molecule has 2 rings (SSSR count). The molecule has 1 aliphatic rings. The Morgan fingerprint density at radius 1 is 1.38 bits per heavy atom. The Hall–Kier alpha value is -0.820. The summed E-state index contributed by atoms with van der Waals surface area (Å²) in [6, 6.07) is 7.67. The molecule has 0 aliphatic heterocycles. The van der Waals surface area contributed by atoms with E-state index in [4.69, 9.17) is 0 Å². The maximum absolute atomic E-state index is 3.44. The lowest BCUT2D eigenvalue weighted by Crippen LogP contribution is -2.21. The summed E-state index contributed by atoms with van der Waals surface area (Å²) in [7, 11) is 2.08. The summed E-state index contributed by atoms with van der Waals surface area (Å²) < 4.78 is 0. The van der Waals surface area contributed by atoms with Crippen LogP contribution in [0.5, 0.6) is 0 Å². The van der Waals surface area contributed by atoms with Gasteiger partial charge in [0.1, 0.15) is 0 Å². The minimum atomic E-state index is 0.580. The van der Waals surface area contributed by atoms with Gasteiger partial charge < -0.3 is 5.32 Å². The van der Waals surface area contributed by atoms with Crippen LogP contribution in [0.4, 0.5) is 0 Å². The number of hydrogen-bond donors (Lipinski definition) is 1. The average molecular weight is 217 g/mol. The van der Waals surface area contributed by atoms with Gasteiger partial charge in [0.2, 0.25) is 0 Å². The molecule has 0 fully saturated rings. The fourth-order valence-corrected chi connectivity index (χ4v) is 2.75. The summed E-state index contributed by atoms with van der Waals surface area (Å²) in [5.41, 5.74) is 4.60. The Kier molecular flexibility index (Phi) is 3.65. The van der Waals surface area contributed by atoms with Gasteiger partial charge in [0.25, 0.3) is 0 Å². The number of aryl methyl sites for hydroxylation is 1. The van der Waals surface area contributed by atoms with Crippen molar-refractivity contribution in [2.75, 3.05) is 7.05 Å². The summed E-state index contributed by atoms with van der Waals surface area (Å²) in [6.07, 6.45) is 5.07. The number of rotatable bonds is 3. The topological polar surface area (TPSA) is 12.0 Å². The molecule has 16 heavy (non-hydrogen) atoms. The Morgan fingerprint density at radius 3 is 2.88 bits per heavy atom. The molecule has 0 heterocycles. The summed E-state index contributed by atoms with van der Waals surface area (Å²) in [5.74, 6) is 0.745. The number of hydrogen-bond acceptors (Lipinski definition) is 1. The van der Waals surface area contributed by atoms with Gasteiger partial charge in [-0.05, 0) is 55.3 Å². The van der Waals surface area contributed by atoms with E-state index in [2.05, 4.69) is 44.4 Å². The number of fused-ring (bicyclic) bond motifs is 1. The predicted octanol–water partition coefficient (Wildman–Crippen LogP) is 3.48. The van der Waals surface area contributed by atoms with Crippen molar-refractivity contribution in [1.82, 2.24) is 5.32 Å². The minimum absolute atomic E-state index is 0.580. The first-order valence-corrected chi connectivity index (χ1v) is 6.49. The Balaban J connectivity index is 2.27. The van der Waals surface area contributed by atoms with Crippen LogP contribution in [0, 0.1) is 5.92 Å². The molecule has 0 aromatic heterocycles. The maximum atomic E-state index is 3.44. The van der Waals surface area contributed by atoms with Crippen molar-refractivity contribution in [3.63, 3.8) is 0 Å². The molecule has 1 aliphatic carbocycles. The summed E-state index contributed by atoms with van der Waals surface area (Å²) in [6.45, 7) is 4.57. The number of nitrogens with one attached hydrogen (secondary N) is 1. The molecule has 1 heteroatoms. The van der Waals surface area contributed by atoms with Crippen molar-refractivity contribution in [3.05, 3.63) is 34.9 Å². The van der Waals surface area contributed by atoms with Gasteiger partial charge in [-0.1, -0.05) is 32.0 Å². The van der Waals surface area contributed by atoms with Crippen molar-refractivity contribution < 1.29 is 0 Å². The van der Waals surface area contributed by atoms with Crippen LogP contribution in [0.3, 0.4) is 0 Å². The molecule has 1 unspecified atom stereocenters.